The highest BCUT2D eigenvalue weighted by Crippen LogP contribution is 2.54. The molecular weight excluding hydrogens is 596 g/mol. The second-order valence-corrected chi connectivity index (χ2v) is 17.3. The lowest BCUT2D eigenvalue weighted by molar-refractivity contribution is -0.127. The molecule has 43 heavy (non-hydrogen) atoms. The Kier molecular flexibility index (Phi) is 14.7. The Morgan fingerprint density at radius 1 is 0.953 bits per heavy atom. The molecule has 8 heteroatoms. The van der Waals surface area contributed by atoms with Crippen LogP contribution in [0.15, 0.2) is 37.1 Å². The van der Waals surface area contributed by atoms with E-state index in [2.05, 4.69) is 41.6 Å². The molecule has 5 fully saturated rings. The number of aliphatic hydroxyl groups is 1. The van der Waals surface area contributed by atoms with Crippen molar-refractivity contribution >= 4 is 41.0 Å². The van der Waals surface area contributed by atoms with E-state index in [-0.39, 0.29) is 24.5 Å². The number of aliphatic hydroxyl groups excluding tert-OH is 1. The summed E-state index contributed by atoms with van der Waals surface area (Å²) in [4.78, 5) is 17.3. The third-order valence-electron chi connectivity index (χ3n) is 10.6. The zero-order valence-corrected chi connectivity index (χ0v) is 29.0. The summed E-state index contributed by atoms with van der Waals surface area (Å²) >= 11 is 10.7. The van der Waals surface area contributed by atoms with Gasteiger partial charge in [-0.1, -0.05) is 6.08 Å². The first kappa shape index (κ1) is 35.3. The fourth-order valence-electron chi connectivity index (χ4n) is 7.89. The Balaban J connectivity index is 0.00000207. The van der Waals surface area contributed by atoms with Crippen molar-refractivity contribution in [3.05, 3.63) is 37.1 Å². The summed E-state index contributed by atoms with van der Waals surface area (Å²) in [6.45, 7) is 12.9. The van der Waals surface area contributed by atoms with E-state index in [1.807, 2.05) is 24.2 Å². The van der Waals surface area contributed by atoms with Gasteiger partial charge < -0.3 is 14.7 Å². The van der Waals surface area contributed by atoms with Crippen molar-refractivity contribution in [3.63, 3.8) is 0 Å². The molecule has 5 nitrogen and oxygen atoms in total. The number of ether oxygens (including phenoxy) is 1. The van der Waals surface area contributed by atoms with Crippen LogP contribution in [-0.2, 0) is 9.53 Å². The van der Waals surface area contributed by atoms with Crippen molar-refractivity contribution in [1.82, 2.24) is 9.80 Å². The lowest BCUT2D eigenvalue weighted by atomic mass is 9.69. The van der Waals surface area contributed by atoms with Crippen LogP contribution in [0.4, 0.5) is 0 Å². The predicted octanol–water partition coefficient (Wildman–Crippen LogP) is 7.74. The Morgan fingerprint density at radius 2 is 1.63 bits per heavy atom. The van der Waals surface area contributed by atoms with Gasteiger partial charge in [0.1, 0.15) is 6.10 Å². The summed E-state index contributed by atoms with van der Waals surface area (Å²) < 4.78 is 6.74. The van der Waals surface area contributed by atoms with Gasteiger partial charge in [0.2, 0.25) is 5.91 Å². The van der Waals surface area contributed by atoms with Gasteiger partial charge in [0.15, 0.2) is 0 Å². The maximum Gasteiger partial charge on any atom is 0.246 e. The number of hydrogen-bond donors (Lipinski definition) is 1. The van der Waals surface area contributed by atoms with Crippen LogP contribution in [0, 0.1) is 23.7 Å². The van der Waals surface area contributed by atoms with E-state index in [1.165, 1.54) is 62.9 Å². The van der Waals surface area contributed by atoms with Crippen molar-refractivity contribution in [1.29, 1.82) is 0 Å². The van der Waals surface area contributed by atoms with E-state index in [1.54, 1.807) is 6.08 Å². The van der Waals surface area contributed by atoms with Crippen LogP contribution in [0.5, 0.6) is 0 Å². The van der Waals surface area contributed by atoms with Crippen molar-refractivity contribution in [2.45, 2.75) is 99.5 Å². The largest absolute Gasteiger partial charge is 0.497 e. The maximum atomic E-state index is 12.8. The molecule has 2 saturated heterocycles. The highest BCUT2D eigenvalue weighted by Gasteiger charge is 2.42. The van der Waals surface area contributed by atoms with Gasteiger partial charge in [-0.15, -0.1) is 48.3 Å². The van der Waals surface area contributed by atoms with Crippen LogP contribution in [0.1, 0.15) is 84.0 Å². The Labute approximate surface area is 275 Å². The van der Waals surface area contributed by atoms with Gasteiger partial charge in [0, 0.05) is 56.7 Å². The molecule has 5 rings (SSSR count). The minimum absolute atomic E-state index is 0.0715. The van der Waals surface area contributed by atoms with E-state index >= 15 is 0 Å². The molecule has 3 aliphatic carbocycles. The number of piperazine rings is 1. The van der Waals surface area contributed by atoms with Crippen LogP contribution in [0.3, 0.4) is 0 Å². The number of allylic oxidation sites excluding steroid dienone is 2. The van der Waals surface area contributed by atoms with Crippen molar-refractivity contribution < 1.29 is 14.6 Å². The molecule has 1 N–H and O–H groups in total. The summed E-state index contributed by atoms with van der Waals surface area (Å²) in [5.74, 6) is 5.30. The van der Waals surface area contributed by atoms with Gasteiger partial charge in [0.25, 0.3) is 0 Å². The molecule has 1 amide bonds. The number of halogens is 1. The van der Waals surface area contributed by atoms with Crippen LogP contribution < -0.4 is 0 Å². The third kappa shape index (κ3) is 10.5. The number of hydrogen-bond acceptors (Lipinski definition) is 6. The summed E-state index contributed by atoms with van der Waals surface area (Å²) in [5, 5.41) is 10.6. The Morgan fingerprint density at radius 3 is 2.28 bits per heavy atom. The van der Waals surface area contributed by atoms with E-state index in [4.69, 9.17) is 16.3 Å². The van der Waals surface area contributed by atoms with Gasteiger partial charge in [-0.05, 0) is 119 Å². The summed E-state index contributed by atoms with van der Waals surface area (Å²) in [5.41, 5.74) is 0.950. The van der Waals surface area contributed by atoms with Gasteiger partial charge in [0.05, 0.1) is 10.3 Å². The summed E-state index contributed by atoms with van der Waals surface area (Å²) in [7, 11) is 0. The number of alkyl halides is 1. The standard InChI is InChI=1S/C33H53ClN2O3S2.C2H4/c1-25(3-10-32(38)36-17-15-35(16-18-36)22-26-4-7-30(34)8-5-26)24-39-31-9-6-28(21-29(31)23-37)27-11-13-33(14-12-27)40-19-2-20-41-33;1-2/h3,10,24,26-31,37H,2,4-9,11-23H2,1H3;1-2H2/b10-3+,25-24+;. The van der Waals surface area contributed by atoms with E-state index in [0.29, 0.717) is 9.46 Å². The normalized spacial score (nSPS) is 32.8. The third-order valence-corrected chi connectivity index (χ3v) is 14.6. The monoisotopic (exact) mass is 652 g/mol. The number of rotatable bonds is 8. The van der Waals surface area contributed by atoms with Gasteiger partial charge >= 0.3 is 0 Å². The molecule has 244 valence electrons. The molecule has 3 saturated carbocycles. The van der Waals surface area contributed by atoms with Crippen molar-refractivity contribution in [2.75, 3.05) is 50.8 Å². The van der Waals surface area contributed by atoms with Gasteiger partial charge in [-0.25, -0.2) is 0 Å². The summed E-state index contributed by atoms with van der Waals surface area (Å²) in [6, 6.07) is 0. The molecule has 0 radical (unpaired) electrons. The first-order valence-electron chi connectivity index (χ1n) is 17.0. The fraction of sp³-hybridized carbons (Fsp3) is 0.800. The molecule has 3 unspecified atom stereocenters. The molecular formula is C35H57ClN2O3S2. The number of thioether (sulfide) groups is 2. The minimum Gasteiger partial charge on any atom is -0.497 e. The smallest absolute Gasteiger partial charge is 0.246 e. The average Bonchev–Trinajstić information content (AvgIpc) is 3.05. The number of carbonyl (C=O) groups is 1. The highest BCUT2D eigenvalue weighted by molar-refractivity contribution is 8.18. The molecule has 0 aromatic carbocycles. The topological polar surface area (TPSA) is 53.0 Å². The molecule has 0 bridgehead atoms. The van der Waals surface area contributed by atoms with E-state index in [0.717, 1.165) is 81.7 Å². The minimum atomic E-state index is 0.0715. The van der Waals surface area contributed by atoms with E-state index < -0.39 is 0 Å². The Hall–Kier alpha value is -0.600. The quantitative estimate of drug-likeness (QED) is 0.0952. The van der Waals surface area contributed by atoms with Gasteiger partial charge in [-0.2, -0.15) is 0 Å². The average molecular weight is 653 g/mol. The highest BCUT2D eigenvalue weighted by atomic mass is 35.5. The first-order valence-corrected chi connectivity index (χ1v) is 19.4. The molecule has 5 aliphatic rings. The van der Waals surface area contributed by atoms with Crippen LogP contribution in [0.2, 0.25) is 0 Å². The summed E-state index contributed by atoms with van der Waals surface area (Å²) in [6.07, 6.45) is 20.4. The number of amides is 1. The molecule has 3 atom stereocenters. The molecule has 2 heterocycles. The van der Waals surface area contributed by atoms with Crippen molar-refractivity contribution in [3.8, 4) is 0 Å². The fourth-order valence-corrected chi connectivity index (χ4v) is 11.5. The molecule has 0 aromatic heterocycles. The predicted molar refractivity (Wildman–Crippen MR) is 186 cm³/mol. The SMILES string of the molecule is C=C.CC(/C=C/C(=O)N1CCN(CC2CCC(Cl)CC2)CC1)=C\OC1CCC(C2CCC3(CC2)SCCCS3)CC1CO. The lowest BCUT2D eigenvalue weighted by Crippen LogP contribution is -2.49. The lowest BCUT2D eigenvalue weighted by Gasteiger charge is -2.45. The second-order valence-electron chi connectivity index (χ2n) is 13.4. The van der Waals surface area contributed by atoms with E-state index in [9.17, 15) is 9.90 Å². The van der Waals surface area contributed by atoms with Crippen LogP contribution in [-0.4, -0.2) is 87.2 Å². The second kappa shape index (κ2) is 17.9. The number of nitrogens with zero attached hydrogens (tertiary/aromatic N) is 2. The Bertz CT molecular complexity index is 901. The number of carbonyl (C=O) groups excluding carboxylic acids is 1. The van der Waals surface area contributed by atoms with Crippen LogP contribution >= 0.6 is 35.1 Å². The molecule has 1 spiro atoms. The molecule has 2 aliphatic heterocycles. The zero-order chi connectivity index (χ0) is 30.7. The van der Waals surface area contributed by atoms with Gasteiger partial charge in [-0.3, -0.25) is 9.69 Å². The first-order chi connectivity index (χ1) is 20.9. The molecule has 0 aromatic rings. The maximum absolute atomic E-state index is 12.8. The van der Waals surface area contributed by atoms with Crippen molar-refractivity contribution in [2.24, 2.45) is 23.7 Å². The zero-order valence-electron chi connectivity index (χ0n) is 26.6. The van der Waals surface area contributed by atoms with Crippen LogP contribution in [0.25, 0.3) is 0 Å².